The minimum atomic E-state index is -0.289. The van der Waals surface area contributed by atoms with Crippen molar-refractivity contribution in [3.05, 3.63) is 28.8 Å². The number of carbonyl (C=O) groups is 1. The highest BCUT2D eigenvalue weighted by molar-refractivity contribution is 5.90. The van der Waals surface area contributed by atoms with Crippen LogP contribution in [0, 0.1) is 0 Å². The number of benzene rings is 1. The molecule has 3 nitrogen and oxygen atoms in total. The van der Waals surface area contributed by atoms with Crippen molar-refractivity contribution in [1.29, 1.82) is 0 Å². The molecule has 1 rings (SSSR count). The molecule has 0 atom stereocenters. The van der Waals surface area contributed by atoms with Crippen LogP contribution < -0.4 is 0 Å². The maximum Gasteiger partial charge on any atom is 0.338 e. The van der Waals surface area contributed by atoms with Gasteiger partial charge in [-0.05, 0) is 29.4 Å². The Labute approximate surface area is 192 Å². The van der Waals surface area contributed by atoms with Crippen molar-refractivity contribution in [2.45, 2.75) is 130 Å². The van der Waals surface area contributed by atoms with Crippen molar-refractivity contribution in [2.75, 3.05) is 6.61 Å². The van der Waals surface area contributed by atoms with Crippen molar-refractivity contribution in [2.24, 2.45) is 0 Å². The number of hydrogen-bond donors (Lipinski definition) is 1. The predicted molar refractivity (Wildman–Crippen MR) is 132 cm³/mol. The molecule has 1 N–H and O–H groups in total. The summed E-state index contributed by atoms with van der Waals surface area (Å²) in [6.07, 6.45) is 14.0. The molecule has 1 aromatic carbocycles. The summed E-state index contributed by atoms with van der Waals surface area (Å²) in [4.78, 5) is 12.7. The number of unbranched alkanes of at least 4 members (excludes halogenated alkanes) is 10. The van der Waals surface area contributed by atoms with E-state index in [-0.39, 0.29) is 16.8 Å². The first-order valence-electron chi connectivity index (χ1n) is 12.5. The van der Waals surface area contributed by atoms with Gasteiger partial charge in [0, 0.05) is 11.1 Å². The number of carbonyl (C=O) groups excluding carboxylic acids is 1. The Balaban J connectivity index is 2.46. The fraction of sp³-hybridized carbons (Fsp3) is 0.750. The van der Waals surface area contributed by atoms with Gasteiger partial charge < -0.3 is 9.84 Å². The Morgan fingerprint density at radius 2 is 1.13 bits per heavy atom. The lowest BCUT2D eigenvalue weighted by Gasteiger charge is -2.28. The average molecular weight is 433 g/mol. The first kappa shape index (κ1) is 27.5. The lowest BCUT2D eigenvalue weighted by Crippen LogP contribution is -2.19. The molecule has 0 fully saturated rings. The van der Waals surface area contributed by atoms with Gasteiger partial charge >= 0.3 is 5.97 Å². The van der Waals surface area contributed by atoms with Crippen molar-refractivity contribution in [3.8, 4) is 5.75 Å². The van der Waals surface area contributed by atoms with E-state index >= 15 is 0 Å². The third-order valence-electron chi connectivity index (χ3n) is 5.94. The molecule has 0 unspecified atom stereocenters. The second-order valence-corrected chi connectivity index (χ2v) is 11.1. The summed E-state index contributed by atoms with van der Waals surface area (Å²) in [6, 6.07) is 3.60. The van der Waals surface area contributed by atoms with Crippen molar-refractivity contribution < 1.29 is 14.6 Å². The molecule has 31 heavy (non-hydrogen) atoms. The molecular formula is C28H48O3. The highest BCUT2D eigenvalue weighted by Crippen LogP contribution is 2.39. The zero-order chi connectivity index (χ0) is 23.5. The smallest absolute Gasteiger partial charge is 0.338 e. The molecular weight excluding hydrogens is 384 g/mol. The Kier molecular flexibility index (Phi) is 11.7. The van der Waals surface area contributed by atoms with Gasteiger partial charge in [0.05, 0.1) is 12.2 Å². The molecule has 0 aliphatic carbocycles. The zero-order valence-electron chi connectivity index (χ0n) is 21.4. The predicted octanol–water partition coefficient (Wildman–Crippen LogP) is 8.46. The van der Waals surface area contributed by atoms with E-state index in [1.807, 2.05) is 0 Å². The summed E-state index contributed by atoms with van der Waals surface area (Å²) < 4.78 is 5.57. The fourth-order valence-electron chi connectivity index (χ4n) is 3.91. The van der Waals surface area contributed by atoms with Gasteiger partial charge in [-0.25, -0.2) is 4.79 Å². The third kappa shape index (κ3) is 10.1. The Bertz CT molecular complexity index is 627. The van der Waals surface area contributed by atoms with E-state index in [0.717, 1.165) is 24.0 Å². The van der Waals surface area contributed by atoms with E-state index < -0.39 is 0 Å². The summed E-state index contributed by atoms with van der Waals surface area (Å²) in [6.45, 7) is 15.0. The van der Waals surface area contributed by atoms with E-state index in [1.165, 1.54) is 57.8 Å². The normalized spacial score (nSPS) is 12.2. The highest BCUT2D eigenvalue weighted by atomic mass is 16.5. The number of ether oxygens (including phenoxy) is 1. The number of rotatable bonds is 13. The van der Waals surface area contributed by atoms with Gasteiger partial charge in [0.2, 0.25) is 0 Å². The average Bonchev–Trinajstić information content (AvgIpc) is 2.67. The van der Waals surface area contributed by atoms with Crippen LogP contribution in [0.25, 0.3) is 0 Å². The van der Waals surface area contributed by atoms with Crippen LogP contribution in [-0.4, -0.2) is 17.7 Å². The number of aromatic hydroxyl groups is 1. The van der Waals surface area contributed by atoms with Crippen LogP contribution in [0.4, 0.5) is 0 Å². The topological polar surface area (TPSA) is 46.5 Å². The minimum absolute atomic E-state index is 0.254. The van der Waals surface area contributed by atoms with Crippen LogP contribution >= 0.6 is 0 Å². The van der Waals surface area contributed by atoms with Crippen LogP contribution in [0.5, 0.6) is 5.75 Å². The van der Waals surface area contributed by atoms with E-state index in [0.29, 0.717) is 17.9 Å². The summed E-state index contributed by atoms with van der Waals surface area (Å²) in [5.41, 5.74) is 1.62. The second kappa shape index (κ2) is 13.1. The van der Waals surface area contributed by atoms with Gasteiger partial charge in [0.1, 0.15) is 5.75 Å². The van der Waals surface area contributed by atoms with Crippen molar-refractivity contribution in [3.63, 3.8) is 0 Å². The first-order valence-corrected chi connectivity index (χ1v) is 12.5. The lowest BCUT2D eigenvalue weighted by molar-refractivity contribution is 0.0497. The summed E-state index contributed by atoms with van der Waals surface area (Å²) >= 11 is 0. The van der Waals surface area contributed by atoms with Crippen LogP contribution in [0.2, 0.25) is 0 Å². The highest BCUT2D eigenvalue weighted by Gasteiger charge is 2.28. The third-order valence-corrected chi connectivity index (χ3v) is 5.94. The monoisotopic (exact) mass is 432 g/mol. The summed E-state index contributed by atoms with van der Waals surface area (Å²) in [5, 5.41) is 10.8. The largest absolute Gasteiger partial charge is 0.507 e. The standard InChI is InChI=1S/C28H48O3/c1-8-9-10-11-12-13-14-15-16-17-18-19-31-26(30)22-20-23(27(2,3)4)25(29)24(21-22)28(5,6)7/h20-21,29H,8-19H2,1-7H3. The molecule has 0 aliphatic heterocycles. The van der Waals surface area contributed by atoms with Crippen LogP contribution in [0.3, 0.4) is 0 Å². The molecule has 0 aliphatic rings. The Morgan fingerprint density at radius 3 is 1.52 bits per heavy atom. The van der Waals surface area contributed by atoms with E-state index in [2.05, 4.69) is 48.5 Å². The van der Waals surface area contributed by atoms with Gasteiger partial charge in [-0.1, -0.05) is 113 Å². The molecule has 1 aromatic rings. The van der Waals surface area contributed by atoms with Crippen LogP contribution in [-0.2, 0) is 15.6 Å². The van der Waals surface area contributed by atoms with Gasteiger partial charge in [-0.15, -0.1) is 0 Å². The number of hydrogen-bond acceptors (Lipinski definition) is 3. The first-order chi connectivity index (χ1) is 14.5. The summed E-state index contributed by atoms with van der Waals surface area (Å²) in [7, 11) is 0. The molecule has 0 saturated heterocycles. The molecule has 3 heteroatoms. The van der Waals surface area contributed by atoms with E-state index in [4.69, 9.17) is 4.74 Å². The molecule has 0 aromatic heterocycles. The van der Waals surface area contributed by atoms with Gasteiger partial charge in [0.15, 0.2) is 0 Å². The quantitative estimate of drug-likeness (QED) is 0.251. The molecule has 0 bridgehead atoms. The number of phenolic OH excluding ortho intramolecular Hbond substituents is 1. The maximum absolute atomic E-state index is 12.7. The Morgan fingerprint density at radius 1 is 0.742 bits per heavy atom. The molecule has 178 valence electrons. The SMILES string of the molecule is CCCCCCCCCCCCCOC(=O)c1cc(C(C)(C)C)c(O)c(C(C)(C)C)c1. The van der Waals surface area contributed by atoms with Crippen molar-refractivity contribution >= 4 is 5.97 Å². The number of phenols is 1. The van der Waals surface area contributed by atoms with Gasteiger partial charge in [0.25, 0.3) is 0 Å². The van der Waals surface area contributed by atoms with Crippen molar-refractivity contribution in [1.82, 2.24) is 0 Å². The van der Waals surface area contributed by atoms with Crippen LogP contribution in [0.15, 0.2) is 12.1 Å². The fourth-order valence-corrected chi connectivity index (χ4v) is 3.91. The number of esters is 1. The molecule has 0 saturated carbocycles. The van der Waals surface area contributed by atoms with Gasteiger partial charge in [-0.3, -0.25) is 0 Å². The molecule has 0 heterocycles. The second-order valence-electron chi connectivity index (χ2n) is 11.1. The molecule has 0 amide bonds. The summed E-state index contributed by atoms with van der Waals surface area (Å²) in [5.74, 6) is 0.00462. The molecule has 0 spiro atoms. The maximum atomic E-state index is 12.7. The lowest BCUT2D eigenvalue weighted by atomic mass is 9.78. The van der Waals surface area contributed by atoms with E-state index in [1.54, 1.807) is 12.1 Å². The van der Waals surface area contributed by atoms with E-state index in [9.17, 15) is 9.90 Å². The van der Waals surface area contributed by atoms with Crippen LogP contribution in [0.1, 0.15) is 141 Å². The Hall–Kier alpha value is -1.51. The molecule has 0 radical (unpaired) electrons. The van der Waals surface area contributed by atoms with Gasteiger partial charge in [-0.2, -0.15) is 0 Å². The minimum Gasteiger partial charge on any atom is -0.507 e. The zero-order valence-corrected chi connectivity index (χ0v) is 21.4.